The van der Waals surface area contributed by atoms with Crippen LogP contribution in [-0.2, 0) is 0 Å². The van der Waals surface area contributed by atoms with E-state index in [1.807, 2.05) is 0 Å². The highest BCUT2D eigenvalue weighted by Gasteiger charge is 2.00. The second-order valence-corrected chi connectivity index (χ2v) is 13.5. The second kappa shape index (κ2) is 38.4. The maximum absolute atomic E-state index is 2.58. The van der Waals surface area contributed by atoms with Crippen LogP contribution in [0.4, 0.5) is 0 Å². The van der Waals surface area contributed by atoms with Gasteiger partial charge in [0.15, 0.2) is 0 Å². The monoisotopic (exact) mass is 622 g/mol. The zero-order chi connectivity index (χ0) is 32.7. The number of hydrogen-bond acceptors (Lipinski definition) is 1. The van der Waals surface area contributed by atoms with Crippen molar-refractivity contribution in [2.75, 3.05) is 14.1 Å². The molecule has 1 nitrogen and oxygen atoms in total. The van der Waals surface area contributed by atoms with Gasteiger partial charge in [0.25, 0.3) is 0 Å². The van der Waals surface area contributed by atoms with Gasteiger partial charge in [-0.25, -0.2) is 0 Å². The Kier molecular flexibility index (Phi) is 36.9. The average Bonchev–Trinajstić information content (AvgIpc) is 3.03. The summed E-state index contributed by atoms with van der Waals surface area (Å²) in [5, 5.41) is 0. The van der Waals surface area contributed by atoms with Crippen LogP contribution in [0.3, 0.4) is 0 Å². The third kappa shape index (κ3) is 38.3. The molecule has 0 saturated heterocycles. The van der Waals surface area contributed by atoms with Crippen LogP contribution >= 0.6 is 0 Å². The van der Waals surface area contributed by atoms with E-state index in [1.54, 1.807) is 5.57 Å². The molecule has 0 aliphatic carbocycles. The van der Waals surface area contributed by atoms with E-state index in [1.165, 1.54) is 161 Å². The van der Waals surface area contributed by atoms with Crippen LogP contribution in [0.2, 0.25) is 0 Å². The summed E-state index contributed by atoms with van der Waals surface area (Å²) in [5.74, 6) is 0. The van der Waals surface area contributed by atoms with Crippen LogP contribution in [0.25, 0.3) is 0 Å². The minimum absolute atomic E-state index is 1.11. The predicted molar refractivity (Wildman–Crippen MR) is 208 cm³/mol. The van der Waals surface area contributed by atoms with Crippen molar-refractivity contribution < 1.29 is 0 Å². The van der Waals surface area contributed by atoms with Gasteiger partial charge in [0.05, 0.1) is 0 Å². The fourth-order valence-corrected chi connectivity index (χ4v) is 5.68. The van der Waals surface area contributed by atoms with E-state index < -0.39 is 0 Å². The molecule has 260 valence electrons. The summed E-state index contributed by atoms with van der Waals surface area (Å²) >= 11 is 0. The van der Waals surface area contributed by atoms with E-state index in [-0.39, 0.29) is 0 Å². The number of hydrogen-bond donors (Lipinski definition) is 0. The highest BCUT2D eigenvalue weighted by Crippen LogP contribution is 2.20. The standard InChI is InChI=1S/C44H79N/c1-5-7-9-11-13-15-17-19-21-23-25-27-29-31-33-36-40-44(42-38-35-39-43-45(3)4)41-37-34-32-30-28-26-24-22-20-18-16-14-12-10-8-6-2/h13-16,19-22,39,42-43H,5-12,17-18,23-38,40-41H2,1-4H3/b15-13-,16-14-,21-19-,22-20?,43-39?,44-42?. The fraction of sp³-hybridized carbons (Fsp3) is 0.727. The van der Waals surface area contributed by atoms with E-state index in [2.05, 4.69) is 99.8 Å². The van der Waals surface area contributed by atoms with Gasteiger partial charge in [-0.1, -0.05) is 157 Å². The van der Waals surface area contributed by atoms with Crippen LogP contribution in [0.15, 0.2) is 72.5 Å². The van der Waals surface area contributed by atoms with Crippen molar-refractivity contribution in [3.8, 4) is 0 Å². The van der Waals surface area contributed by atoms with Gasteiger partial charge in [-0.15, -0.1) is 0 Å². The van der Waals surface area contributed by atoms with Crippen LogP contribution in [0.5, 0.6) is 0 Å². The molecular formula is C44H79N. The SMILES string of the molecule is CCCCC/C=C\CC=CCCCCCCCCC(=CCCC=CN(C)C)CCCCCCCC/C=C\C/C=C\CCCCC. The van der Waals surface area contributed by atoms with Crippen molar-refractivity contribution in [1.82, 2.24) is 4.90 Å². The highest BCUT2D eigenvalue weighted by molar-refractivity contribution is 5.03. The smallest absolute Gasteiger partial charge is 0.00555 e. The molecule has 0 rings (SSSR count). The van der Waals surface area contributed by atoms with Crippen LogP contribution in [-0.4, -0.2) is 19.0 Å². The number of unbranched alkanes of at least 4 members (excludes halogenated alkanes) is 19. The van der Waals surface area contributed by atoms with E-state index in [0.29, 0.717) is 0 Å². The van der Waals surface area contributed by atoms with Gasteiger partial charge >= 0.3 is 0 Å². The predicted octanol–water partition coefficient (Wildman–Crippen LogP) is 15.2. The third-order valence-corrected chi connectivity index (χ3v) is 8.57. The lowest BCUT2D eigenvalue weighted by molar-refractivity contribution is 0.560. The molecule has 0 amide bonds. The van der Waals surface area contributed by atoms with Crippen molar-refractivity contribution in [2.24, 2.45) is 0 Å². The van der Waals surface area contributed by atoms with Gasteiger partial charge in [-0.2, -0.15) is 0 Å². The van der Waals surface area contributed by atoms with Crippen LogP contribution < -0.4 is 0 Å². The molecule has 0 heterocycles. The van der Waals surface area contributed by atoms with E-state index in [0.717, 1.165) is 19.3 Å². The number of nitrogens with zero attached hydrogens (tertiary/aromatic N) is 1. The normalized spacial score (nSPS) is 12.8. The Morgan fingerprint density at radius 2 is 0.756 bits per heavy atom. The molecule has 0 aromatic rings. The Morgan fingerprint density at radius 3 is 1.16 bits per heavy atom. The van der Waals surface area contributed by atoms with Gasteiger partial charge < -0.3 is 4.90 Å². The van der Waals surface area contributed by atoms with Gasteiger partial charge in [-0.05, 0) is 109 Å². The largest absolute Gasteiger partial charge is 0.384 e. The first kappa shape index (κ1) is 43.2. The summed E-state index contributed by atoms with van der Waals surface area (Å²) in [6.45, 7) is 4.55. The molecule has 0 N–H and O–H groups in total. The first-order chi connectivity index (χ1) is 22.2. The summed E-state index contributed by atoms with van der Waals surface area (Å²) in [7, 11) is 4.21. The molecule has 0 aromatic heterocycles. The lowest BCUT2D eigenvalue weighted by atomic mass is 9.98. The van der Waals surface area contributed by atoms with Gasteiger partial charge in [-0.3, -0.25) is 0 Å². The van der Waals surface area contributed by atoms with Gasteiger partial charge in [0.1, 0.15) is 0 Å². The second-order valence-electron chi connectivity index (χ2n) is 13.5. The highest BCUT2D eigenvalue weighted by atomic mass is 15.0. The van der Waals surface area contributed by atoms with Gasteiger partial charge in [0.2, 0.25) is 0 Å². The topological polar surface area (TPSA) is 3.24 Å². The van der Waals surface area contributed by atoms with E-state index >= 15 is 0 Å². The van der Waals surface area contributed by atoms with E-state index in [9.17, 15) is 0 Å². The Labute approximate surface area is 284 Å². The average molecular weight is 622 g/mol. The number of allylic oxidation sites excluding steroid dienone is 11. The molecule has 0 aliphatic heterocycles. The lowest BCUT2D eigenvalue weighted by Crippen LogP contribution is -1.99. The molecule has 0 radical (unpaired) electrons. The molecular weight excluding hydrogens is 542 g/mol. The Hall–Kier alpha value is -1.76. The first-order valence-electron chi connectivity index (χ1n) is 19.8. The molecule has 0 spiro atoms. The molecule has 1 heteroatoms. The molecule has 0 aliphatic rings. The summed E-state index contributed by atoms with van der Waals surface area (Å²) < 4.78 is 0. The molecule has 0 aromatic carbocycles. The quantitative estimate of drug-likeness (QED) is 0.0510. The lowest BCUT2D eigenvalue weighted by Gasteiger charge is -2.09. The van der Waals surface area contributed by atoms with Gasteiger partial charge in [0, 0.05) is 14.1 Å². The maximum atomic E-state index is 2.58. The van der Waals surface area contributed by atoms with Crippen molar-refractivity contribution in [2.45, 2.75) is 194 Å². The summed E-state index contributed by atoms with van der Waals surface area (Å²) in [4.78, 5) is 2.14. The van der Waals surface area contributed by atoms with Crippen LogP contribution in [0.1, 0.15) is 194 Å². The van der Waals surface area contributed by atoms with Crippen molar-refractivity contribution >= 4 is 0 Å². The maximum Gasteiger partial charge on any atom is 0.00555 e. The summed E-state index contributed by atoms with van der Waals surface area (Å²) in [6.07, 6.45) is 63.0. The first-order valence-corrected chi connectivity index (χ1v) is 19.8. The number of rotatable bonds is 34. The molecule has 0 unspecified atom stereocenters. The zero-order valence-corrected chi connectivity index (χ0v) is 31.1. The Balaban J connectivity index is 3.97. The van der Waals surface area contributed by atoms with Crippen LogP contribution in [0, 0.1) is 0 Å². The van der Waals surface area contributed by atoms with Crippen molar-refractivity contribution in [1.29, 1.82) is 0 Å². The summed E-state index contributed by atoms with van der Waals surface area (Å²) in [5.41, 5.74) is 1.74. The molecule has 0 fully saturated rings. The minimum Gasteiger partial charge on any atom is -0.384 e. The Bertz CT molecular complexity index is 697. The van der Waals surface area contributed by atoms with E-state index in [4.69, 9.17) is 0 Å². The molecule has 0 saturated carbocycles. The van der Waals surface area contributed by atoms with Crippen molar-refractivity contribution in [3.63, 3.8) is 0 Å². The van der Waals surface area contributed by atoms with Crippen molar-refractivity contribution in [3.05, 3.63) is 72.5 Å². The molecule has 0 atom stereocenters. The Morgan fingerprint density at radius 1 is 0.378 bits per heavy atom. The third-order valence-electron chi connectivity index (χ3n) is 8.57. The minimum atomic E-state index is 1.11. The molecule has 0 bridgehead atoms. The summed E-state index contributed by atoms with van der Waals surface area (Å²) in [6, 6.07) is 0. The zero-order valence-electron chi connectivity index (χ0n) is 31.1. The molecule has 45 heavy (non-hydrogen) atoms. The fourth-order valence-electron chi connectivity index (χ4n) is 5.68.